The fourth-order valence-corrected chi connectivity index (χ4v) is 3.92. The molecule has 1 unspecified atom stereocenters. The predicted octanol–water partition coefficient (Wildman–Crippen LogP) is 2.99. The minimum atomic E-state index is -0.144. The molecule has 2 aromatic heterocycles. The number of anilines is 1. The van der Waals surface area contributed by atoms with Crippen LogP contribution < -0.4 is 10.6 Å². The van der Waals surface area contributed by atoms with Crippen LogP contribution in [0.15, 0.2) is 22.8 Å². The molecule has 0 saturated heterocycles. The molecule has 2 N–H and O–H groups in total. The summed E-state index contributed by atoms with van der Waals surface area (Å²) in [6, 6.07) is 5.88. The molecule has 5 nitrogen and oxygen atoms in total. The molecule has 22 heavy (non-hydrogen) atoms. The third-order valence-corrected chi connectivity index (χ3v) is 5.03. The average molecular weight is 315 g/mol. The van der Waals surface area contributed by atoms with E-state index in [1.807, 2.05) is 19.1 Å². The lowest BCUT2D eigenvalue weighted by atomic mass is 10.1. The number of nitrogens with zero attached hydrogens (tertiary/aromatic N) is 1. The standard InChI is InChI=1S/C16H17N3O2S/c1-10(13-5-3-7-21-13)18-9-15(20)19-16-12(8-17)11-4-2-6-14(11)22-16/h3,5,7,10,18H,2,4,6,9H2,1H3,(H,19,20). The van der Waals surface area contributed by atoms with Crippen LogP contribution in [0.2, 0.25) is 0 Å². The monoisotopic (exact) mass is 315 g/mol. The average Bonchev–Trinajstić information content (AvgIpc) is 3.21. The number of thiophene rings is 1. The van der Waals surface area contributed by atoms with Crippen LogP contribution in [0.1, 0.15) is 41.2 Å². The number of carbonyl (C=O) groups excluding carboxylic acids is 1. The van der Waals surface area contributed by atoms with Crippen LogP contribution in [-0.2, 0) is 17.6 Å². The van der Waals surface area contributed by atoms with E-state index in [-0.39, 0.29) is 18.5 Å². The molecule has 1 atom stereocenters. The van der Waals surface area contributed by atoms with Crippen molar-refractivity contribution in [3.8, 4) is 6.07 Å². The second kappa shape index (κ2) is 6.34. The molecule has 0 radical (unpaired) electrons. The Kier molecular flexibility index (Phi) is 4.27. The first-order valence-corrected chi connectivity index (χ1v) is 8.12. The summed E-state index contributed by atoms with van der Waals surface area (Å²) in [7, 11) is 0. The zero-order valence-corrected chi connectivity index (χ0v) is 13.1. The SMILES string of the molecule is CC(NCC(=O)Nc1sc2c(c1C#N)CCC2)c1ccco1. The van der Waals surface area contributed by atoms with Gasteiger partial charge in [0.15, 0.2) is 0 Å². The van der Waals surface area contributed by atoms with Gasteiger partial charge in [0.25, 0.3) is 0 Å². The van der Waals surface area contributed by atoms with Crippen molar-refractivity contribution in [2.24, 2.45) is 0 Å². The minimum Gasteiger partial charge on any atom is -0.468 e. The maximum Gasteiger partial charge on any atom is 0.238 e. The summed E-state index contributed by atoms with van der Waals surface area (Å²) in [4.78, 5) is 13.3. The van der Waals surface area contributed by atoms with E-state index in [9.17, 15) is 10.1 Å². The van der Waals surface area contributed by atoms with E-state index in [2.05, 4.69) is 16.7 Å². The molecule has 0 aromatic carbocycles. The molecule has 1 aliphatic rings. The number of hydrogen-bond acceptors (Lipinski definition) is 5. The molecule has 6 heteroatoms. The normalized spacial score (nSPS) is 14.4. The van der Waals surface area contributed by atoms with Gasteiger partial charge in [-0.15, -0.1) is 11.3 Å². The van der Waals surface area contributed by atoms with Gasteiger partial charge in [-0.2, -0.15) is 5.26 Å². The van der Waals surface area contributed by atoms with Crippen LogP contribution in [0, 0.1) is 11.3 Å². The number of hydrogen-bond donors (Lipinski definition) is 2. The highest BCUT2D eigenvalue weighted by molar-refractivity contribution is 7.16. The van der Waals surface area contributed by atoms with Gasteiger partial charge in [0.1, 0.15) is 16.8 Å². The van der Waals surface area contributed by atoms with Crippen molar-refractivity contribution in [3.63, 3.8) is 0 Å². The van der Waals surface area contributed by atoms with E-state index in [0.29, 0.717) is 10.6 Å². The van der Waals surface area contributed by atoms with Crippen LogP contribution in [0.25, 0.3) is 0 Å². The van der Waals surface area contributed by atoms with E-state index in [0.717, 1.165) is 30.6 Å². The molecular formula is C16H17N3O2S. The first kappa shape index (κ1) is 14.8. The molecule has 0 spiro atoms. The Morgan fingerprint density at radius 3 is 3.14 bits per heavy atom. The Morgan fingerprint density at radius 1 is 1.55 bits per heavy atom. The summed E-state index contributed by atoms with van der Waals surface area (Å²) >= 11 is 1.53. The van der Waals surface area contributed by atoms with Gasteiger partial charge >= 0.3 is 0 Å². The summed E-state index contributed by atoms with van der Waals surface area (Å²) in [5.74, 6) is 0.649. The number of nitrogens with one attached hydrogen (secondary N) is 2. The third kappa shape index (κ3) is 2.91. The van der Waals surface area contributed by atoms with Gasteiger partial charge in [-0.3, -0.25) is 10.1 Å². The van der Waals surface area contributed by atoms with Crippen molar-refractivity contribution in [2.75, 3.05) is 11.9 Å². The Balaban J connectivity index is 1.60. The highest BCUT2D eigenvalue weighted by atomic mass is 32.1. The predicted molar refractivity (Wildman–Crippen MR) is 84.8 cm³/mol. The van der Waals surface area contributed by atoms with Crippen molar-refractivity contribution in [1.29, 1.82) is 5.26 Å². The molecular weight excluding hydrogens is 298 g/mol. The molecule has 2 aromatic rings. The minimum absolute atomic E-state index is 0.0375. The summed E-state index contributed by atoms with van der Waals surface area (Å²) in [6.45, 7) is 2.11. The number of aryl methyl sites for hydroxylation is 1. The molecule has 1 aliphatic carbocycles. The van der Waals surface area contributed by atoms with Crippen LogP contribution in [0.3, 0.4) is 0 Å². The fraction of sp³-hybridized carbons (Fsp3) is 0.375. The zero-order valence-electron chi connectivity index (χ0n) is 12.3. The van der Waals surface area contributed by atoms with Gasteiger partial charge in [-0.1, -0.05) is 0 Å². The number of furan rings is 1. The number of fused-ring (bicyclic) bond motifs is 1. The summed E-state index contributed by atoms with van der Waals surface area (Å²) < 4.78 is 5.29. The second-order valence-corrected chi connectivity index (χ2v) is 6.44. The van der Waals surface area contributed by atoms with Crippen molar-refractivity contribution < 1.29 is 9.21 Å². The quantitative estimate of drug-likeness (QED) is 0.889. The molecule has 3 rings (SSSR count). The Bertz CT molecular complexity index is 713. The van der Waals surface area contributed by atoms with Crippen LogP contribution in [-0.4, -0.2) is 12.5 Å². The topological polar surface area (TPSA) is 78.1 Å². The van der Waals surface area contributed by atoms with Gasteiger partial charge in [0.05, 0.1) is 24.4 Å². The number of carbonyl (C=O) groups is 1. The fourth-order valence-electron chi connectivity index (χ4n) is 2.67. The first-order chi connectivity index (χ1) is 10.7. The molecule has 1 amide bonds. The third-order valence-electron chi connectivity index (χ3n) is 3.82. The van der Waals surface area contributed by atoms with Crippen molar-refractivity contribution in [1.82, 2.24) is 5.32 Å². The Hall–Kier alpha value is -2.10. The number of amides is 1. The van der Waals surface area contributed by atoms with E-state index >= 15 is 0 Å². The highest BCUT2D eigenvalue weighted by Crippen LogP contribution is 2.38. The van der Waals surface area contributed by atoms with Crippen LogP contribution >= 0.6 is 11.3 Å². The van der Waals surface area contributed by atoms with Crippen LogP contribution in [0.4, 0.5) is 5.00 Å². The van der Waals surface area contributed by atoms with E-state index in [4.69, 9.17) is 4.42 Å². The van der Waals surface area contributed by atoms with E-state index in [1.54, 1.807) is 6.26 Å². The van der Waals surface area contributed by atoms with Gasteiger partial charge in [-0.05, 0) is 43.9 Å². The maximum absolute atomic E-state index is 12.1. The Labute approximate surface area is 132 Å². The Morgan fingerprint density at radius 2 is 2.41 bits per heavy atom. The molecule has 0 fully saturated rings. The van der Waals surface area contributed by atoms with Gasteiger partial charge in [0.2, 0.25) is 5.91 Å². The smallest absolute Gasteiger partial charge is 0.238 e. The lowest BCUT2D eigenvalue weighted by Gasteiger charge is -2.11. The molecule has 0 aliphatic heterocycles. The molecule has 0 saturated carbocycles. The maximum atomic E-state index is 12.1. The summed E-state index contributed by atoms with van der Waals surface area (Å²) in [5.41, 5.74) is 1.77. The van der Waals surface area contributed by atoms with Crippen molar-refractivity contribution >= 4 is 22.2 Å². The van der Waals surface area contributed by atoms with Crippen molar-refractivity contribution in [2.45, 2.75) is 32.2 Å². The largest absolute Gasteiger partial charge is 0.468 e. The molecule has 2 heterocycles. The number of rotatable bonds is 5. The molecule has 0 bridgehead atoms. The lowest BCUT2D eigenvalue weighted by Crippen LogP contribution is -2.29. The highest BCUT2D eigenvalue weighted by Gasteiger charge is 2.23. The zero-order chi connectivity index (χ0) is 15.5. The molecule has 114 valence electrons. The van der Waals surface area contributed by atoms with E-state index < -0.39 is 0 Å². The van der Waals surface area contributed by atoms with Crippen LogP contribution in [0.5, 0.6) is 0 Å². The van der Waals surface area contributed by atoms with Gasteiger partial charge in [0, 0.05) is 4.88 Å². The van der Waals surface area contributed by atoms with Gasteiger partial charge in [-0.25, -0.2) is 0 Å². The van der Waals surface area contributed by atoms with Gasteiger partial charge < -0.3 is 9.73 Å². The van der Waals surface area contributed by atoms with E-state index in [1.165, 1.54) is 16.2 Å². The summed E-state index contributed by atoms with van der Waals surface area (Å²) in [6.07, 6.45) is 4.67. The lowest BCUT2D eigenvalue weighted by molar-refractivity contribution is -0.115. The second-order valence-electron chi connectivity index (χ2n) is 5.34. The van der Waals surface area contributed by atoms with Crippen molar-refractivity contribution in [3.05, 3.63) is 40.2 Å². The summed E-state index contributed by atoms with van der Waals surface area (Å²) in [5, 5.41) is 16.0. The first-order valence-electron chi connectivity index (χ1n) is 7.30. The number of nitriles is 1.